The zero-order valence-electron chi connectivity index (χ0n) is 9.64. The highest BCUT2D eigenvalue weighted by Crippen LogP contribution is 2.45. The van der Waals surface area contributed by atoms with Crippen LogP contribution < -0.4 is 0 Å². The van der Waals surface area contributed by atoms with Gasteiger partial charge in [0.25, 0.3) is 0 Å². The van der Waals surface area contributed by atoms with E-state index in [1.165, 1.54) is 22.4 Å². The first-order valence-corrected chi connectivity index (χ1v) is 5.64. The van der Waals surface area contributed by atoms with Crippen molar-refractivity contribution < 1.29 is 0 Å². The van der Waals surface area contributed by atoms with Gasteiger partial charge in [0.2, 0.25) is 0 Å². The van der Waals surface area contributed by atoms with E-state index in [2.05, 4.69) is 67.6 Å². The Kier molecular flexibility index (Phi) is 2.00. The lowest BCUT2D eigenvalue weighted by Gasteiger charge is -2.17. The zero-order valence-corrected chi connectivity index (χ0v) is 9.64. The molecule has 80 valence electrons. The van der Waals surface area contributed by atoms with Crippen LogP contribution in [0.25, 0.3) is 5.70 Å². The van der Waals surface area contributed by atoms with Crippen LogP contribution in [-0.2, 0) is 0 Å². The maximum Gasteiger partial charge on any atom is 0.0479 e. The predicted octanol–water partition coefficient (Wildman–Crippen LogP) is 3.18. The predicted molar refractivity (Wildman–Crippen MR) is 68.1 cm³/mol. The Balaban J connectivity index is 2.26. The molecule has 0 amide bonds. The molecule has 2 aliphatic rings. The van der Waals surface area contributed by atoms with Gasteiger partial charge in [0, 0.05) is 31.3 Å². The topological polar surface area (TPSA) is 3.24 Å². The SMILES string of the molecule is CN(C)C1=C2C=CC=CC2c2ccccc21. The molecule has 1 heteroatoms. The zero-order chi connectivity index (χ0) is 11.1. The quantitative estimate of drug-likeness (QED) is 0.686. The minimum Gasteiger partial charge on any atom is -0.377 e. The van der Waals surface area contributed by atoms with Crippen LogP contribution in [0.1, 0.15) is 17.0 Å². The molecule has 0 heterocycles. The molecule has 0 N–H and O–H groups in total. The van der Waals surface area contributed by atoms with E-state index in [9.17, 15) is 0 Å². The second kappa shape index (κ2) is 3.38. The molecule has 1 unspecified atom stereocenters. The number of hydrogen-bond donors (Lipinski definition) is 0. The molecule has 0 saturated carbocycles. The van der Waals surface area contributed by atoms with E-state index in [4.69, 9.17) is 0 Å². The minimum absolute atomic E-state index is 0.457. The maximum absolute atomic E-state index is 2.28. The summed E-state index contributed by atoms with van der Waals surface area (Å²) < 4.78 is 0. The van der Waals surface area contributed by atoms with Crippen molar-refractivity contribution in [3.05, 3.63) is 65.3 Å². The summed E-state index contributed by atoms with van der Waals surface area (Å²) in [5.74, 6) is 0.457. The van der Waals surface area contributed by atoms with Crippen molar-refractivity contribution in [2.24, 2.45) is 0 Å². The van der Waals surface area contributed by atoms with Crippen LogP contribution in [0, 0.1) is 0 Å². The van der Waals surface area contributed by atoms with Gasteiger partial charge in [0.05, 0.1) is 0 Å². The fourth-order valence-corrected chi connectivity index (χ4v) is 2.68. The first kappa shape index (κ1) is 9.46. The first-order valence-electron chi connectivity index (χ1n) is 5.64. The summed E-state index contributed by atoms with van der Waals surface area (Å²) in [5, 5.41) is 0. The number of rotatable bonds is 1. The van der Waals surface area contributed by atoms with Gasteiger partial charge in [-0.3, -0.25) is 0 Å². The van der Waals surface area contributed by atoms with Crippen molar-refractivity contribution in [3.8, 4) is 0 Å². The van der Waals surface area contributed by atoms with E-state index in [1.54, 1.807) is 0 Å². The highest BCUT2D eigenvalue weighted by atomic mass is 15.1. The minimum atomic E-state index is 0.457. The van der Waals surface area contributed by atoms with E-state index in [-0.39, 0.29) is 0 Å². The molecule has 3 rings (SSSR count). The molecular weight excluding hydrogens is 194 g/mol. The third-order valence-electron chi connectivity index (χ3n) is 3.30. The second-order valence-corrected chi connectivity index (χ2v) is 4.51. The van der Waals surface area contributed by atoms with Gasteiger partial charge in [-0.15, -0.1) is 0 Å². The average molecular weight is 209 g/mol. The number of allylic oxidation sites excluding steroid dienone is 5. The van der Waals surface area contributed by atoms with Gasteiger partial charge in [-0.25, -0.2) is 0 Å². The molecule has 0 radical (unpaired) electrons. The van der Waals surface area contributed by atoms with Crippen LogP contribution in [0.5, 0.6) is 0 Å². The number of hydrogen-bond acceptors (Lipinski definition) is 1. The van der Waals surface area contributed by atoms with Crippen molar-refractivity contribution >= 4 is 5.70 Å². The molecule has 1 nitrogen and oxygen atoms in total. The second-order valence-electron chi connectivity index (χ2n) is 4.51. The Labute approximate surface area is 96.4 Å². The lowest BCUT2D eigenvalue weighted by atomic mass is 9.92. The molecule has 0 aromatic heterocycles. The Morgan fingerprint density at radius 1 is 1.06 bits per heavy atom. The van der Waals surface area contributed by atoms with Gasteiger partial charge < -0.3 is 4.90 Å². The van der Waals surface area contributed by atoms with E-state index in [0.29, 0.717) is 5.92 Å². The molecule has 0 bridgehead atoms. The largest absolute Gasteiger partial charge is 0.377 e. The molecular formula is C15H15N. The van der Waals surface area contributed by atoms with Crippen LogP contribution in [0.2, 0.25) is 0 Å². The van der Waals surface area contributed by atoms with Crippen LogP contribution in [0.3, 0.4) is 0 Å². The van der Waals surface area contributed by atoms with E-state index >= 15 is 0 Å². The average Bonchev–Trinajstić information content (AvgIpc) is 2.63. The molecule has 0 spiro atoms. The van der Waals surface area contributed by atoms with Crippen molar-refractivity contribution in [3.63, 3.8) is 0 Å². The Bertz CT molecular complexity index is 518. The summed E-state index contributed by atoms with van der Waals surface area (Å²) in [6.07, 6.45) is 8.79. The Morgan fingerprint density at radius 3 is 2.69 bits per heavy atom. The van der Waals surface area contributed by atoms with Crippen molar-refractivity contribution in [2.45, 2.75) is 5.92 Å². The fourth-order valence-electron chi connectivity index (χ4n) is 2.68. The standard InChI is InChI=1S/C15H15N/c1-16(2)15-13-9-5-3-7-11(13)12-8-4-6-10-14(12)15/h3-11H,1-2H3. The lowest BCUT2D eigenvalue weighted by Crippen LogP contribution is -2.10. The van der Waals surface area contributed by atoms with Crippen LogP contribution in [0.4, 0.5) is 0 Å². The maximum atomic E-state index is 2.28. The van der Waals surface area contributed by atoms with E-state index in [1.807, 2.05) is 0 Å². The normalized spacial score (nSPS) is 21.0. The monoisotopic (exact) mass is 209 g/mol. The molecule has 0 saturated heterocycles. The Morgan fingerprint density at radius 2 is 1.88 bits per heavy atom. The summed E-state index contributed by atoms with van der Waals surface area (Å²) in [6.45, 7) is 0. The molecule has 16 heavy (non-hydrogen) atoms. The van der Waals surface area contributed by atoms with Gasteiger partial charge in [-0.1, -0.05) is 48.6 Å². The number of benzene rings is 1. The van der Waals surface area contributed by atoms with Crippen molar-refractivity contribution in [2.75, 3.05) is 14.1 Å². The fraction of sp³-hybridized carbons (Fsp3) is 0.200. The van der Waals surface area contributed by atoms with Crippen LogP contribution in [0.15, 0.2) is 54.1 Å². The van der Waals surface area contributed by atoms with E-state index in [0.717, 1.165) is 0 Å². The molecule has 1 aromatic rings. The summed E-state index contributed by atoms with van der Waals surface area (Å²) >= 11 is 0. The Hall–Kier alpha value is -1.76. The summed E-state index contributed by atoms with van der Waals surface area (Å²) in [6, 6.07) is 8.70. The van der Waals surface area contributed by atoms with Gasteiger partial charge in [0.1, 0.15) is 0 Å². The first-order chi connectivity index (χ1) is 7.79. The number of nitrogens with zero attached hydrogens (tertiary/aromatic N) is 1. The van der Waals surface area contributed by atoms with Crippen LogP contribution >= 0.6 is 0 Å². The molecule has 2 aliphatic carbocycles. The van der Waals surface area contributed by atoms with Crippen molar-refractivity contribution in [1.29, 1.82) is 0 Å². The van der Waals surface area contributed by atoms with Gasteiger partial charge in [-0.2, -0.15) is 0 Å². The number of fused-ring (bicyclic) bond motifs is 3. The third-order valence-corrected chi connectivity index (χ3v) is 3.30. The molecule has 0 fully saturated rings. The summed E-state index contributed by atoms with van der Waals surface area (Å²) in [7, 11) is 4.24. The highest BCUT2D eigenvalue weighted by molar-refractivity contribution is 5.80. The van der Waals surface area contributed by atoms with Gasteiger partial charge in [-0.05, 0) is 11.1 Å². The van der Waals surface area contributed by atoms with E-state index < -0.39 is 0 Å². The summed E-state index contributed by atoms with van der Waals surface area (Å²) in [5.41, 5.74) is 5.60. The van der Waals surface area contributed by atoms with Gasteiger partial charge in [0.15, 0.2) is 0 Å². The summed E-state index contributed by atoms with van der Waals surface area (Å²) in [4.78, 5) is 2.22. The molecule has 0 aliphatic heterocycles. The smallest absolute Gasteiger partial charge is 0.0479 e. The van der Waals surface area contributed by atoms with Crippen molar-refractivity contribution in [1.82, 2.24) is 4.90 Å². The lowest BCUT2D eigenvalue weighted by molar-refractivity contribution is 0.590. The third kappa shape index (κ3) is 1.18. The molecule has 1 aromatic carbocycles. The van der Waals surface area contributed by atoms with Gasteiger partial charge >= 0.3 is 0 Å². The highest BCUT2D eigenvalue weighted by Gasteiger charge is 2.29. The molecule has 1 atom stereocenters. The van der Waals surface area contributed by atoms with Crippen LogP contribution in [-0.4, -0.2) is 19.0 Å².